The van der Waals surface area contributed by atoms with Crippen LogP contribution >= 0.6 is 11.6 Å². The average molecular weight is 493 g/mol. The lowest BCUT2D eigenvalue weighted by molar-refractivity contribution is -0.116. The van der Waals surface area contributed by atoms with E-state index in [2.05, 4.69) is 17.2 Å². The minimum atomic E-state index is -0.985. The maximum atomic E-state index is 12.6. The quantitative estimate of drug-likeness (QED) is 0.293. The Morgan fingerprint density at radius 2 is 1.77 bits per heavy atom. The molecule has 2 heterocycles. The number of rotatable bonds is 9. The Morgan fingerprint density at radius 1 is 1.09 bits per heavy atom. The zero-order valence-electron chi connectivity index (χ0n) is 19.2. The highest BCUT2D eigenvalue weighted by Gasteiger charge is 2.33. The molecule has 1 aromatic heterocycles. The number of carboxylic acids is 1. The molecule has 0 bridgehead atoms. The zero-order valence-corrected chi connectivity index (χ0v) is 19.9. The number of nitrogens with one attached hydrogen (secondary N) is 2. The second-order valence-electron chi connectivity index (χ2n) is 8.33. The van der Waals surface area contributed by atoms with Gasteiger partial charge < -0.3 is 10.1 Å². The number of nitrogens with zero attached hydrogens (tertiary/aromatic N) is 2. The van der Waals surface area contributed by atoms with Crippen LogP contribution in [0, 0.1) is 0 Å². The number of hydrogen-bond acceptors (Lipinski definition) is 4. The number of imidazole rings is 1. The molecule has 0 aliphatic carbocycles. The Hall–Kier alpha value is -3.91. The molecule has 3 N–H and O–H groups in total. The first kappa shape index (κ1) is 24.2. The van der Waals surface area contributed by atoms with Gasteiger partial charge in [0.2, 0.25) is 0 Å². The van der Waals surface area contributed by atoms with Crippen molar-refractivity contribution >= 4 is 35.6 Å². The maximum Gasteiger partial charge on any atom is 0.335 e. The fourth-order valence-corrected chi connectivity index (χ4v) is 3.95. The van der Waals surface area contributed by atoms with E-state index in [1.165, 1.54) is 4.90 Å². The predicted octanol–water partition coefficient (Wildman–Crippen LogP) is 4.79. The number of unbranched alkanes of at least 4 members (excludes halogenated alkanes) is 1. The first-order valence-corrected chi connectivity index (χ1v) is 11.7. The number of aryl methyl sites for hydroxylation is 1. The molecule has 0 saturated carbocycles. The summed E-state index contributed by atoms with van der Waals surface area (Å²) in [6.07, 6.45) is 4.81. The van der Waals surface area contributed by atoms with Crippen LogP contribution in [0.4, 0.5) is 4.79 Å². The van der Waals surface area contributed by atoms with Gasteiger partial charge in [0, 0.05) is 17.9 Å². The summed E-state index contributed by atoms with van der Waals surface area (Å²) in [6, 6.07) is 13.2. The standard InChI is InChI=1S/C26H25ClN4O4/c1-2-3-4-23-28-20(13-16-5-9-18(10-6-16)25(33)34)21(29-23)14-22-24(32)30-26(35)31(22)15-17-7-11-19(27)12-8-17/h5-12,14H,2-4,13,15H2,1H3,(H,28,29)(H,33,34)(H,30,32,35)/b22-14+. The summed E-state index contributed by atoms with van der Waals surface area (Å²) in [4.78, 5) is 45.8. The van der Waals surface area contributed by atoms with Gasteiger partial charge in [0.15, 0.2) is 0 Å². The molecule has 4 rings (SSSR count). The molecule has 1 aliphatic rings. The Morgan fingerprint density at radius 3 is 2.43 bits per heavy atom. The zero-order chi connectivity index (χ0) is 24.9. The molecule has 0 atom stereocenters. The van der Waals surface area contributed by atoms with Crippen LogP contribution in [0.3, 0.4) is 0 Å². The highest BCUT2D eigenvalue weighted by Crippen LogP contribution is 2.23. The first-order valence-electron chi connectivity index (χ1n) is 11.3. The van der Waals surface area contributed by atoms with E-state index in [4.69, 9.17) is 21.7 Å². The third-order valence-electron chi connectivity index (χ3n) is 5.72. The van der Waals surface area contributed by atoms with Crippen LogP contribution in [-0.4, -0.2) is 37.9 Å². The highest BCUT2D eigenvalue weighted by molar-refractivity contribution is 6.30. The van der Waals surface area contributed by atoms with Crippen molar-refractivity contribution in [2.75, 3.05) is 0 Å². The third kappa shape index (κ3) is 5.78. The van der Waals surface area contributed by atoms with Gasteiger partial charge >= 0.3 is 12.0 Å². The molecular weight excluding hydrogens is 468 g/mol. The maximum absolute atomic E-state index is 12.6. The van der Waals surface area contributed by atoms with Crippen molar-refractivity contribution in [1.82, 2.24) is 20.2 Å². The Labute approximate surface area is 207 Å². The predicted molar refractivity (Wildman–Crippen MR) is 132 cm³/mol. The first-order chi connectivity index (χ1) is 16.8. The van der Waals surface area contributed by atoms with Gasteiger partial charge in [-0.15, -0.1) is 0 Å². The number of carbonyl (C=O) groups is 3. The lowest BCUT2D eigenvalue weighted by Gasteiger charge is -2.15. The number of urea groups is 1. The number of H-pyrrole nitrogens is 1. The number of imide groups is 1. The lowest BCUT2D eigenvalue weighted by Crippen LogP contribution is -2.27. The number of benzene rings is 2. The van der Waals surface area contributed by atoms with E-state index < -0.39 is 17.9 Å². The molecule has 2 aromatic carbocycles. The van der Waals surface area contributed by atoms with Crippen molar-refractivity contribution in [3.05, 3.63) is 93.2 Å². The van der Waals surface area contributed by atoms with Crippen LogP contribution in [0.1, 0.15) is 58.5 Å². The summed E-state index contributed by atoms with van der Waals surface area (Å²) >= 11 is 5.96. The van der Waals surface area contributed by atoms with Crippen molar-refractivity contribution in [3.63, 3.8) is 0 Å². The van der Waals surface area contributed by atoms with E-state index in [0.29, 0.717) is 22.8 Å². The van der Waals surface area contributed by atoms with Gasteiger partial charge in [-0.25, -0.2) is 14.6 Å². The Kier molecular flexibility index (Phi) is 7.31. The summed E-state index contributed by atoms with van der Waals surface area (Å²) in [7, 11) is 0. The second kappa shape index (κ2) is 10.6. The number of aromatic nitrogens is 2. The second-order valence-corrected chi connectivity index (χ2v) is 8.76. The summed E-state index contributed by atoms with van der Waals surface area (Å²) in [5.41, 5.74) is 3.49. The van der Waals surface area contributed by atoms with Crippen LogP contribution in [0.2, 0.25) is 5.02 Å². The van der Waals surface area contributed by atoms with Gasteiger partial charge in [-0.1, -0.05) is 49.2 Å². The number of aromatic amines is 1. The van der Waals surface area contributed by atoms with Crippen molar-refractivity contribution in [2.24, 2.45) is 0 Å². The van der Waals surface area contributed by atoms with Gasteiger partial charge in [0.05, 0.1) is 23.5 Å². The summed E-state index contributed by atoms with van der Waals surface area (Å²) in [6.45, 7) is 2.31. The largest absolute Gasteiger partial charge is 0.478 e. The Balaban J connectivity index is 1.66. The molecule has 1 fully saturated rings. The minimum Gasteiger partial charge on any atom is -0.478 e. The topological polar surface area (TPSA) is 115 Å². The molecule has 3 aromatic rings. The number of halogens is 1. The van der Waals surface area contributed by atoms with Crippen LogP contribution in [-0.2, 0) is 24.2 Å². The monoisotopic (exact) mass is 492 g/mol. The molecule has 0 radical (unpaired) electrons. The van der Waals surface area contributed by atoms with Crippen LogP contribution in [0.25, 0.3) is 6.08 Å². The number of hydrogen-bond donors (Lipinski definition) is 3. The molecule has 0 unspecified atom stereocenters. The van der Waals surface area contributed by atoms with Crippen molar-refractivity contribution < 1.29 is 19.5 Å². The van der Waals surface area contributed by atoms with Gasteiger partial charge in [0.1, 0.15) is 11.5 Å². The molecule has 8 nitrogen and oxygen atoms in total. The van der Waals surface area contributed by atoms with Gasteiger partial charge in [-0.3, -0.25) is 15.0 Å². The molecule has 1 saturated heterocycles. The summed E-state index contributed by atoms with van der Waals surface area (Å²) in [5, 5.41) is 12.1. The molecule has 1 aliphatic heterocycles. The van der Waals surface area contributed by atoms with Crippen molar-refractivity contribution in [3.8, 4) is 0 Å². The third-order valence-corrected chi connectivity index (χ3v) is 5.98. The van der Waals surface area contributed by atoms with E-state index in [9.17, 15) is 14.4 Å². The van der Waals surface area contributed by atoms with Crippen LogP contribution < -0.4 is 5.32 Å². The number of amides is 3. The van der Waals surface area contributed by atoms with Gasteiger partial charge in [-0.2, -0.15) is 0 Å². The SMILES string of the molecule is CCCCc1nc(Cc2ccc(C(=O)O)cc2)c(/C=C2\C(=O)NC(=O)N2Cc2ccc(Cl)cc2)[nH]1. The van der Waals surface area contributed by atoms with Crippen molar-refractivity contribution in [2.45, 2.75) is 39.2 Å². The fraction of sp³-hybridized carbons (Fsp3) is 0.231. The van der Waals surface area contributed by atoms with E-state index in [1.54, 1.807) is 54.6 Å². The molecule has 3 amide bonds. The van der Waals surface area contributed by atoms with E-state index in [0.717, 1.165) is 36.2 Å². The Bertz CT molecular complexity index is 1280. The lowest BCUT2D eigenvalue weighted by atomic mass is 10.1. The molecular formula is C26H25ClN4O4. The van der Waals surface area contributed by atoms with Crippen molar-refractivity contribution in [1.29, 1.82) is 0 Å². The van der Waals surface area contributed by atoms with E-state index in [1.807, 2.05) is 0 Å². The molecule has 0 spiro atoms. The molecule has 9 heteroatoms. The number of carbonyl (C=O) groups excluding carboxylic acids is 2. The van der Waals surface area contributed by atoms with E-state index in [-0.39, 0.29) is 17.8 Å². The average Bonchev–Trinajstić information content (AvgIpc) is 3.33. The highest BCUT2D eigenvalue weighted by atomic mass is 35.5. The normalized spacial score (nSPS) is 14.6. The summed E-state index contributed by atoms with van der Waals surface area (Å²) < 4.78 is 0. The van der Waals surface area contributed by atoms with E-state index >= 15 is 0 Å². The molecule has 180 valence electrons. The smallest absolute Gasteiger partial charge is 0.335 e. The number of aromatic carboxylic acids is 1. The summed E-state index contributed by atoms with van der Waals surface area (Å²) in [5.74, 6) is -0.670. The van der Waals surface area contributed by atoms with Gasteiger partial charge in [-0.05, 0) is 47.9 Å². The number of carboxylic acid groups (broad SMARTS) is 1. The van der Waals surface area contributed by atoms with Crippen LogP contribution in [0.15, 0.2) is 54.2 Å². The van der Waals surface area contributed by atoms with Crippen LogP contribution in [0.5, 0.6) is 0 Å². The fourth-order valence-electron chi connectivity index (χ4n) is 3.82. The van der Waals surface area contributed by atoms with Gasteiger partial charge in [0.25, 0.3) is 5.91 Å². The minimum absolute atomic E-state index is 0.209. The molecule has 35 heavy (non-hydrogen) atoms.